The smallest absolute Gasteiger partial charge is 0.128 e. The fourth-order valence-electron chi connectivity index (χ4n) is 3.21. The third-order valence-electron chi connectivity index (χ3n) is 4.04. The number of fused-ring (bicyclic) bond motifs is 3. The molecule has 2 heterocycles. The first-order valence-electron chi connectivity index (χ1n) is 6.05. The molecule has 3 heteroatoms. The average Bonchev–Trinajstić information content (AvgIpc) is 2.69. The maximum absolute atomic E-state index is 13.7. The predicted molar refractivity (Wildman–Crippen MR) is 63.0 cm³/mol. The molecule has 86 valence electrons. The zero-order valence-electron chi connectivity index (χ0n) is 9.32. The van der Waals surface area contributed by atoms with Crippen molar-refractivity contribution in [1.82, 2.24) is 0 Å². The van der Waals surface area contributed by atoms with Gasteiger partial charge < -0.3 is 10.6 Å². The third kappa shape index (κ3) is 1.34. The van der Waals surface area contributed by atoms with Crippen molar-refractivity contribution in [2.75, 3.05) is 18.0 Å². The molecule has 2 aliphatic heterocycles. The van der Waals surface area contributed by atoms with Gasteiger partial charge in [-0.05, 0) is 43.9 Å². The van der Waals surface area contributed by atoms with Crippen molar-refractivity contribution in [3.8, 4) is 0 Å². The molecule has 0 spiro atoms. The van der Waals surface area contributed by atoms with Crippen molar-refractivity contribution >= 4 is 5.69 Å². The fraction of sp³-hybridized carbons (Fsp3) is 0.538. The summed E-state index contributed by atoms with van der Waals surface area (Å²) in [6, 6.07) is 5.85. The Morgan fingerprint density at radius 2 is 2.31 bits per heavy atom. The molecule has 1 aromatic carbocycles. The van der Waals surface area contributed by atoms with Gasteiger partial charge in [0.1, 0.15) is 5.82 Å². The van der Waals surface area contributed by atoms with Gasteiger partial charge in [0.05, 0.1) is 0 Å². The Bertz CT molecular complexity index is 405. The molecule has 0 saturated carbocycles. The molecule has 2 atom stereocenters. The van der Waals surface area contributed by atoms with Crippen LogP contribution in [0.4, 0.5) is 10.1 Å². The molecule has 0 radical (unpaired) electrons. The Morgan fingerprint density at radius 1 is 1.44 bits per heavy atom. The Labute approximate surface area is 95.2 Å². The van der Waals surface area contributed by atoms with Gasteiger partial charge in [0.25, 0.3) is 0 Å². The van der Waals surface area contributed by atoms with Crippen molar-refractivity contribution in [2.24, 2.45) is 11.7 Å². The first-order chi connectivity index (χ1) is 7.81. The van der Waals surface area contributed by atoms with Crippen LogP contribution in [0.2, 0.25) is 0 Å². The molecule has 0 aromatic heterocycles. The average molecular weight is 220 g/mol. The van der Waals surface area contributed by atoms with Gasteiger partial charge in [-0.1, -0.05) is 6.07 Å². The summed E-state index contributed by atoms with van der Waals surface area (Å²) in [4.78, 5) is 2.36. The highest BCUT2D eigenvalue weighted by atomic mass is 19.1. The van der Waals surface area contributed by atoms with Gasteiger partial charge in [0, 0.05) is 23.8 Å². The number of halogens is 1. The molecule has 2 unspecified atom stereocenters. The lowest BCUT2D eigenvalue weighted by molar-refractivity contribution is 0.338. The molecule has 1 fully saturated rings. The minimum Gasteiger partial charge on any atom is -0.368 e. The van der Waals surface area contributed by atoms with E-state index in [2.05, 4.69) is 4.90 Å². The Kier molecular flexibility index (Phi) is 2.36. The van der Waals surface area contributed by atoms with E-state index < -0.39 is 0 Å². The Morgan fingerprint density at radius 3 is 3.12 bits per heavy atom. The Hall–Kier alpha value is -1.09. The van der Waals surface area contributed by atoms with Gasteiger partial charge >= 0.3 is 0 Å². The van der Waals surface area contributed by atoms with Gasteiger partial charge in [-0.3, -0.25) is 0 Å². The van der Waals surface area contributed by atoms with Crippen molar-refractivity contribution in [2.45, 2.75) is 25.3 Å². The van der Waals surface area contributed by atoms with Crippen LogP contribution in [0.3, 0.4) is 0 Å². The SMILES string of the molecule is NCC1CCCN2c3cccc(F)c3CC12. The van der Waals surface area contributed by atoms with Crippen LogP contribution in [0.1, 0.15) is 18.4 Å². The molecule has 3 rings (SSSR count). The van der Waals surface area contributed by atoms with Gasteiger partial charge in [0.2, 0.25) is 0 Å². The van der Waals surface area contributed by atoms with Crippen molar-refractivity contribution < 1.29 is 4.39 Å². The fourth-order valence-corrected chi connectivity index (χ4v) is 3.21. The number of rotatable bonds is 1. The summed E-state index contributed by atoms with van der Waals surface area (Å²) in [6.07, 6.45) is 3.20. The van der Waals surface area contributed by atoms with Crippen molar-refractivity contribution in [3.05, 3.63) is 29.6 Å². The van der Waals surface area contributed by atoms with E-state index in [0.717, 1.165) is 30.8 Å². The maximum atomic E-state index is 13.7. The summed E-state index contributed by atoms with van der Waals surface area (Å²) in [6.45, 7) is 1.77. The van der Waals surface area contributed by atoms with Crippen LogP contribution in [0.25, 0.3) is 0 Å². The second-order valence-corrected chi connectivity index (χ2v) is 4.84. The summed E-state index contributed by atoms with van der Waals surface area (Å²) in [7, 11) is 0. The highest BCUT2D eigenvalue weighted by molar-refractivity contribution is 5.60. The molecule has 16 heavy (non-hydrogen) atoms. The minimum absolute atomic E-state index is 0.0531. The van der Waals surface area contributed by atoms with Crippen LogP contribution < -0.4 is 10.6 Å². The standard InChI is InChI=1S/C13H17FN2/c14-11-4-1-5-12-10(11)7-13-9(8-15)3-2-6-16(12)13/h1,4-5,9,13H,2-3,6-8,15H2. The zero-order chi connectivity index (χ0) is 11.1. The molecule has 0 bridgehead atoms. The number of anilines is 1. The van der Waals surface area contributed by atoms with Gasteiger partial charge in [-0.2, -0.15) is 0 Å². The highest BCUT2D eigenvalue weighted by Gasteiger charge is 2.37. The van der Waals surface area contributed by atoms with Crippen LogP contribution in [0.5, 0.6) is 0 Å². The lowest BCUT2D eigenvalue weighted by Crippen LogP contribution is -2.45. The number of benzene rings is 1. The van der Waals surface area contributed by atoms with E-state index in [1.54, 1.807) is 6.07 Å². The van der Waals surface area contributed by atoms with E-state index in [1.165, 1.54) is 12.8 Å². The highest BCUT2D eigenvalue weighted by Crippen LogP contribution is 2.40. The van der Waals surface area contributed by atoms with Crippen LogP contribution in [0, 0.1) is 11.7 Å². The van der Waals surface area contributed by atoms with Gasteiger partial charge in [0.15, 0.2) is 0 Å². The number of hydrogen-bond acceptors (Lipinski definition) is 2. The van der Waals surface area contributed by atoms with E-state index in [0.29, 0.717) is 12.0 Å². The van der Waals surface area contributed by atoms with Crippen LogP contribution in [-0.2, 0) is 6.42 Å². The first-order valence-corrected chi connectivity index (χ1v) is 6.05. The van der Waals surface area contributed by atoms with E-state index in [-0.39, 0.29) is 5.82 Å². The normalized spacial score (nSPS) is 27.8. The molecule has 0 amide bonds. The summed E-state index contributed by atoms with van der Waals surface area (Å²) >= 11 is 0. The van der Waals surface area contributed by atoms with Crippen molar-refractivity contribution in [3.63, 3.8) is 0 Å². The minimum atomic E-state index is -0.0531. The number of hydrogen-bond donors (Lipinski definition) is 1. The summed E-state index contributed by atoms with van der Waals surface area (Å²) < 4.78 is 13.7. The molecule has 1 saturated heterocycles. The largest absolute Gasteiger partial charge is 0.368 e. The van der Waals surface area contributed by atoms with Crippen molar-refractivity contribution in [1.29, 1.82) is 0 Å². The van der Waals surface area contributed by atoms with Crippen LogP contribution in [-0.4, -0.2) is 19.1 Å². The molecule has 0 aliphatic carbocycles. The third-order valence-corrected chi connectivity index (χ3v) is 4.04. The Balaban J connectivity index is 1.99. The summed E-state index contributed by atoms with van der Waals surface area (Å²) in [5.41, 5.74) is 7.81. The lowest BCUT2D eigenvalue weighted by atomic mass is 9.88. The van der Waals surface area contributed by atoms with Gasteiger partial charge in [-0.25, -0.2) is 4.39 Å². The first kappa shape index (κ1) is 10.1. The maximum Gasteiger partial charge on any atom is 0.128 e. The van der Waals surface area contributed by atoms with Gasteiger partial charge in [-0.15, -0.1) is 0 Å². The number of piperidine rings is 1. The summed E-state index contributed by atoms with van der Waals surface area (Å²) in [5.74, 6) is 0.475. The predicted octanol–water partition coefficient (Wildman–Crippen LogP) is 1.93. The van der Waals surface area contributed by atoms with Crippen LogP contribution in [0.15, 0.2) is 18.2 Å². The van der Waals surface area contributed by atoms with E-state index in [4.69, 9.17) is 5.73 Å². The molecule has 2 N–H and O–H groups in total. The summed E-state index contributed by atoms with van der Waals surface area (Å²) in [5, 5.41) is 0. The quantitative estimate of drug-likeness (QED) is 0.783. The molecule has 1 aromatic rings. The molecule has 2 aliphatic rings. The lowest BCUT2D eigenvalue weighted by Gasteiger charge is -2.38. The molecular weight excluding hydrogens is 203 g/mol. The number of nitrogens with two attached hydrogens (primary N) is 1. The van der Waals surface area contributed by atoms with E-state index >= 15 is 0 Å². The molecule has 2 nitrogen and oxygen atoms in total. The number of nitrogens with zero attached hydrogens (tertiary/aromatic N) is 1. The molecular formula is C13H17FN2. The topological polar surface area (TPSA) is 29.3 Å². The zero-order valence-corrected chi connectivity index (χ0v) is 9.32. The van der Waals surface area contributed by atoms with E-state index in [1.807, 2.05) is 12.1 Å². The van der Waals surface area contributed by atoms with E-state index in [9.17, 15) is 4.39 Å². The second kappa shape index (κ2) is 3.74. The second-order valence-electron chi connectivity index (χ2n) is 4.84. The van der Waals surface area contributed by atoms with Crippen LogP contribution >= 0.6 is 0 Å². The monoisotopic (exact) mass is 220 g/mol.